The van der Waals surface area contributed by atoms with Crippen LogP contribution in [0.1, 0.15) is 12.5 Å². The Morgan fingerprint density at radius 3 is 3.33 bits per heavy atom. The Labute approximate surface area is 88.9 Å². The molecule has 2 aromatic heterocycles. The van der Waals surface area contributed by atoms with Gasteiger partial charge < -0.3 is 10.3 Å². The molecule has 0 saturated heterocycles. The SMILES string of the molecule is CC#CCNCc1c[nH]c2ncccc12. The van der Waals surface area contributed by atoms with Crippen LogP contribution in [0.5, 0.6) is 0 Å². The summed E-state index contributed by atoms with van der Waals surface area (Å²) in [5.41, 5.74) is 2.17. The molecule has 0 aliphatic heterocycles. The number of H-pyrrole nitrogens is 1. The lowest BCUT2D eigenvalue weighted by Crippen LogP contribution is -2.12. The van der Waals surface area contributed by atoms with Crippen molar-refractivity contribution >= 4 is 11.0 Å². The first-order chi connectivity index (χ1) is 7.42. The van der Waals surface area contributed by atoms with Crippen molar-refractivity contribution in [1.29, 1.82) is 0 Å². The normalized spacial score (nSPS) is 9.93. The van der Waals surface area contributed by atoms with E-state index in [1.54, 1.807) is 6.20 Å². The highest BCUT2D eigenvalue weighted by Gasteiger charge is 2.01. The van der Waals surface area contributed by atoms with Crippen LogP contribution in [0.2, 0.25) is 0 Å². The molecule has 76 valence electrons. The molecule has 0 bridgehead atoms. The second-order valence-corrected chi connectivity index (χ2v) is 3.24. The fourth-order valence-corrected chi connectivity index (χ4v) is 1.51. The van der Waals surface area contributed by atoms with Crippen LogP contribution in [-0.4, -0.2) is 16.5 Å². The van der Waals surface area contributed by atoms with Gasteiger partial charge in [-0.15, -0.1) is 5.92 Å². The van der Waals surface area contributed by atoms with E-state index in [9.17, 15) is 0 Å². The number of pyridine rings is 1. The number of aromatic amines is 1. The van der Waals surface area contributed by atoms with Gasteiger partial charge in [0.1, 0.15) is 5.65 Å². The summed E-state index contributed by atoms with van der Waals surface area (Å²) in [5.74, 6) is 5.82. The number of aromatic nitrogens is 2. The van der Waals surface area contributed by atoms with Crippen LogP contribution in [0.3, 0.4) is 0 Å². The van der Waals surface area contributed by atoms with E-state index in [1.807, 2.05) is 19.2 Å². The fourth-order valence-electron chi connectivity index (χ4n) is 1.51. The van der Waals surface area contributed by atoms with E-state index in [0.29, 0.717) is 0 Å². The Balaban J connectivity index is 2.10. The first-order valence-electron chi connectivity index (χ1n) is 4.93. The summed E-state index contributed by atoms with van der Waals surface area (Å²) < 4.78 is 0. The van der Waals surface area contributed by atoms with Crippen LogP contribution in [0, 0.1) is 11.8 Å². The number of rotatable bonds is 3. The maximum Gasteiger partial charge on any atom is 0.137 e. The maximum atomic E-state index is 4.23. The monoisotopic (exact) mass is 199 g/mol. The van der Waals surface area contributed by atoms with Gasteiger partial charge in [-0.2, -0.15) is 0 Å². The fraction of sp³-hybridized carbons (Fsp3) is 0.250. The van der Waals surface area contributed by atoms with Crippen LogP contribution in [-0.2, 0) is 6.54 Å². The molecule has 0 aliphatic rings. The summed E-state index contributed by atoms with van der Waals surface area (Å²) in [4.78, 5) is 7.38. The second kappa shape index (κ2) is 4.63. The van der Waals surface area contributed by atoms with E-state index in [1.165, 1.54) is 10.9 Å². The predicted octanol–water partition coefficient (Wildman–Crippen LogP) is 1.68. The summed E-state index contributed by atoms with van der Waals surface area (Å²) in [6.07, 6.45) is 3.78. The summed E-state index contributed by atoms with van der Waals surface area (Å²) in [5, 5.41) is 4.43. The first-order valence-corrected chi connectivity index (χ1v) is 4.93. The maximum absolute atomic E-state index is 4.23. The lowest BCUT2D eigenvalue weighted by molar-refractivity contribution is 0.774. The van der Waals surface area contributed by atoms with E-state index in [2.05, 4.69) is 33.2 Å². The molecule has 0 fully saturated rings. The van der Waals surface area contributed by atoms with Gasteiger partial charge in [0.15, 0.2) is 0 Å². The molecular formula is C12H13N3. The van der Waals surface area contributed by atoms with Gasteiger partial charge in [0.2, 0.25) is 0 Å². The lowest BCUT2D eigenvalue weighted by Gasteiger charge is -1.98. The zero-order chi connectivity index (χ0) is 10.5. The summed E-state index contributed by atoms with van der Waals surface area (Å²) in [6, 6.07) is 4.02. The first kappa shape index (κ1) is 9.75. The Bertz CT molecular complexity index is 502. The highest BCUT2D eigenvalue weighted by atomic mass is 14.9. The third-order valence-corrected chi connectivity index (χ3v) is 2.24. The molecule has 0 saturated carbocycles. The molecule has 2 rings (SSSR count). The van der Waals surface area contributed by atoms with E-state index in [4.69, 9.17) is 0 Å². The average Bonchev–Trinajstić information content (AvgIpc) is 2.68. The van der Waals surface area contributed by atoms with Gasteiger partial charge in [0, 0.05) is 24.3 Å². The molecule has 2 heterocycles. The van der Waals surface area contributed by atoms with Gasteiger partial charge in [0.05, 0.1) is 6.54 Å². The smallest absolute Gasteiger partial charge is 0.137 e. The van der Waals surface area contributed by atoms with Crippen LogP contribution >= 0.6 is 0 Å². The zero-order valence-corrected chi connectivity index (χ0v) is 8.67. The highest BCUT2D eigenvalue weighted by molar-refractivity contribution is 5.79. The quantitative estimate of drug-likeness (QED) is 0.583. The van der Waals surface area contributed by atoms with Gasteiger partial charge in [0.25, 0.3) is 0 Å². The topological polar surface area (TPSA) is 40.7 Å². The van der Waals surface area contributed by atoms with Crippen molar-refractivity contribution in [2.45, 2.75) is 13.5 Å². The minimum atomic E-state index is 0.726. The number of hydrogen-bond donors (Lipinski definition) is 2. The standard InChI is InChI=1S/C12H13N3/c1-2-3-6-13-8-10-9-15-12-11(10)5-4-7-14-12/h4-5,7,9,13H,6,8H2,1H3,(H,14,15). The minimum Gasteiger partial charge on any atom is -0.346 e. The van der Waals surface area contributed by atoms with Crippen molar-refractivity contribution in [3.05, 3.63) is 30.1 Å². The summed E-state index contributed by atoms with van der Waals surface area (Å²) in [6.45, 7) is 3.39. The van der Waals surface area contributed by atoms with Gasteiger partial charge >= 0.3 is 0 Å². The Hall–Kier alpha value is -1.79. The molecule has 2 N–H and O–H groups in total. The van der Waals surface area contributed by atoms with Crippen molar-refractivity contribution in [3.63, 3.8) is 0 Å². The molecule has 3 nitrogen and oxygen atoms in total. The third kappa shape index (κ3) is 2.17. The number of nitrogens with zero attached hydrogens (tertiary/aromatic N) is 1. The molecule has 0 radical (unpaired) electrons. The Kier molecular flexibility index (Phi) is 3.01. The van der Waals surface area contributed by atoms with Crippen LogP contribution in [0.15, 0.2) is 24.5 Å². The molecule has 2 aromatic rings. The second-order valence-electron chi connectivity index (χ2n) is 3.24. The van der Waals surface area contributed by atoms with Gasteiger partial charge in [-0.25, -0.2) is 4.98 Å². The molecule has 0 aliphatic carbocycles. The molecule has 0 atom stereocenters. The lowest BCUT2D eigenvalue weighted by atomic mass is 10.2. The van der Waals surface area contributed by atoms with Gasteiger partial charge in [-0.3, -0.25) is 0 Å². The largest absolute Gasteiger partial charge is 0.346 e. The van der Waals surface area contributed by atoms with Crippen molar-refractivity contribution in [2.75, 3.05) is 6.54 Å². The van der Waals surface area contributed by atoms with Gasteiger partial charge in [-0.1, -0.05) is 5.92 Å². The molecule has 3 heteroatoms. The number of nitrogens with one attached hydrogen (secondary N) is 2. The predicted molar refractivity (Wildman–Crippen MR) is 61.3 cm³/mol. The van der Waals surface area contributed by atoms with Crippen LogP contribution in [0.25, 0.3) is 11.0 Å². The Morgan fingerprint density at radius 1 is 1.53 bits per heavy atom. The van der Waals surface area contributed by atoms with Crippen molar-refractivity contribution in [2.24, 2.45) is 0 Å². The van der Waals surface area contributed by atoms with Crippen LogP contribution in [0.4, 0.5) is 0 Å². The van der Waals surface area contributed by atoms with Crippen molar-refractivity contribution in [3.8, 4) is 11.8 Å². The summed E-state index contributed by atoms with van der Waals surface area (Å²) in [7, 11) is 0. The summed E-state index contributed by atoms with van der Waals surface area (Å²) >= 11 is 0. The van der Waals surface area contributed by atoms with E-state index in [-0.39, 0.29) is 0 Å². The third-order valence-electron chi connectivity index (χ3n) is 2.24. The van der Waals surface area contributed by atoms with Gasteiger partial charge in [-0.05, 0) is 24.6 Å². The highest BCUT2D eigenvalue weighted by Crippen LogP contribution is 2.14. The molecule has 0 spiro atoms. The zero-order valence-electron chi connectivity index (χ0n) is 8.67. The van der Waals surface area contributed by atoms with E-state index in [0.717, 1.165) is 18.7 Å². The average molecular weight is 199 g/mol. The van der Waals surface area contributed by atoms with Crippen molar-refractivity contribution in [1.82, 2.24) is 15.3 Å². The molecule has 0 unspecified atom stereocenters. The molecule has 0 amide bonds. The Morgan fingerprint density at radius 2 is 2.47 bits per heavy atom. The minimum absolute atomic E-state index is 0.726. The van der Waals surface area contributed by atoms with E-state index < -0.39 is 0 Å². The van der Waals surface area contributed by atoms with Crippen molar-refractivity contribution < 1.29 is 0 Å². The number of fused-ring (bicyclic) bond motifs is 1. The molecule has 0 aromatic carbocycles. The van der Waals surface area contributed by atoms with E-state index >= 15 is 0 Å². The number of hydrogen-bond acceptors (Lipinski definition) is 2. The molecule has 15 heavy (non-hydrogen) atoms. The van der Waals surface area contributed by atoms with Crippen LogP contribution < -0.4 is 5.32 Å². The molecular weight excluding hydrogens is 186 g/mol.